The van der Waals surface area contributed by atoms with Crippen LogP contribution in [0.1, 0.15) is 60.4 Å². The molecule has 3 aromatic heterocycles. The number of alkyl halides is 3. The van der Waals surface area contributed by atoms with Crippen LogP contribution in [0.15, 0.2) is 89.2 Å². The quantitative estimate of drug-likeness (QED) is 0.0796. The molecule has 292 valence electrons. The lowest BCUT2D eigenvalue weighted by molar-refractivity contribution is -0.236. The van der Waals surface area contributed by atoms with Crippen molar-refractivity contribution < 1.29 is 28.1 Å². The Labute approximate surface area is 337 Å². The van der Waals surface area contributed by atoms with E-state index in [9.17, 15) is 39.2 Å². The molecule has 0 spiro atoms. The van der Waals surface area contributed by atoms with Gasteiger partial charge in [-0.05, 0) is 79.4 Å². The number of anilines is 1. The Morgan fingerprint density at radius 2 is 1.44 bits per heavy atom. The Kier molecular flexibility index (Phi) is 12.7. The topological polar surface area (TPSA) is 129 Å². The summed E-state index contributed by atoms with van der Waals surface area (Å²) in [5.41, 5.74) is 1.28. The number of aliphatic hydroxyl groups excluding tert-OH is 2. The highest BCUT2D eigenvalue weighted by molar-refractivity contribution is 7.28. The van der Waals surface area contributed by atoms with Gasteiger partial charge in [0.15, 0.2) is 11.3 Å². The monoisotopic (exact) mass is 807 g/mol. The Hall–Kier alpha value is -5.62. The maximum absolute atomic E-state index is 14.5. The number of halogens is 3. The van der Waals surface area contributed by atoms with Gasteiger partial charge in [0.2, 0.25) is 5.60 Å². The van der Waals surface area contributed by atoms with E-state index in [0.29, 0.717) is 18.0 Å². The van der Waals surface area contributed by atoms with Crippen molar-refractivity contribution in [3.63, 3.8) is 0 Å². The minimum atomic E-state index is -4.96. The van der Waals surface area contributed by atoms with Crippen LogP contribution in [-0.2, 0) is 11.2 Å². The first-order valence-electron chi connectivity index (χ1n) is 18.6. The molecule has 1 unspecified atom stereocenters. The van der Waals surface area contributed by atoms with Crippen LogP contribution in [0.4, 0.5) is 18.9 Å². The highest BCUT2D eigenvalue weighted by Crippen LogP contribution is 2.50. The van der Waals surface area contributed by atoms with Gasteiger partial charge in [-0.3, -0.25) is 0 Å². The SMILES string of the molecule is CCCCCCc1ccc(-n2c3cc(/C=C/C4=C(C#N)C(=C(C#N)C#N)OC4(C)C(F)(F)F)sc3c3sc(/C=C/c4ccc(N(CCO)CCO)cc4)cc32)cc1. The molecule has 5 aromatic rings. The van der Waals surface area contributed by atoms with Gasteiger partial charge in [-0.25, -0.2) is 0 Å². The molecule has 57 heavy (non-hydrogen) atoms. The Bertz CT molecular complexity index is 2480. The lowest BCUT2D eigenvalue weighted by atomic mass is 9.92. The Morgan fingerprint density at radius 3 is 1.96 bits per heavy atom. The third-order valence-corrected chi connectivity index (χ3v) is 12.3. The van der Waals surface area contributed by atoms with Crippen molar-refractivity contribution in [2.24, 2.45) is 0 Å². The van der Waals surface area contributed by atoms with Crippen LogP contribution in [0, 0.1) is 34.0 Å². The number of hydrogen-bond acceptors (Lipinski definition) is 9. The number of benzene rings is 2. The number of nitriles is 3. The fraction of sp³-hybridized carbons (Fsp3) is 0.295. The summed E-state index contributed by atoms with van der Waals surface area (Å²) in [6.45, 7) is 3.77. The van der Waals surface area contributed by atoms with E-state index in [0.717, 1.165) is 62.0 Å². The average molecular weight is 808 g/mol. The van der Waals surface area contributed by atoms with Crippen LogP contribution in [0.2, 0.25) is 0 Å². The van der Waals surface area contributed by atoms with Gasteiger partial charge < -0.3 is 24.4 Å². The number of aliphatic hydroxyl groups is 2. The number of ether oxygens (including phenoxy) is 1. The Morgan fingerprint density at radius 1 is 0.842 bits per heavy atom. The molecule has 2 aromatic carbocycles. The highest BCUT2D eigenvalue weighted by Gasteiger charge is 2.60. The smallest absolute Gasteiger partial charge is 0.432 e. The summed E-state index contributed by atoms with van der Waals surface area (Å²) in [6, 6.07) is 25.2. The predicted molar refractivity (Wildman–Crippen MR) is 222 cm³/mol. The summed E-state index contributed by atoms with van der Waals surface area (Å²) in [7, 11) is 0. The zero-order valence-electron chi connectivity index (χ0n) is 31.4. The lowest BCUT2D eigenvalue weighted by Crippen LogP contribution is -2.43. The second-order valence-corrected chi connectivity index (χ2v) is 15.9. The lowest BCUT2D eigenvalue weighted by Gasteiger charge is -2.28. The van der Waals surface area contributed by atoms with E-state index in [1.54, 1.807) is 29.5 Å². The number of aromatic nitrogens is 1. The second-order valence-electron chi connectivity index (χ2n) is 13.7. The van der Waals surface area contributed by atoms with Crippen molar-refractivity contribution >= 4 is 67.0 Å². The van der Waals surface area contributed by atoms with Gasteiger partial charge in [0.25, 0.3) is 0 Å². The van der Waals surface area contributed by atoms with Gasteiger partial charge in [0.1, 0.15) is 23.8 Å². The molecule has 8 nitrogen and oxygen atoms in total. The molecule has 1 aliphatic rings. The van der Waals surface area contributed by atoms with Crippen LogP contribution >= 0.6 is 22.7 Å². The van der Waals surface area contributed by atoms with Gasteiger partial charge in [0.05, 0.1) is 33.6 Å². The fourth-order valence-electron chi connectivity index (χ4n) is 6.89. The van der Waals surface area contributed by atoms with Gasteiger partial charge in [0, 0.05) is 39.8 Å². The maximum Gasteiger partial charge on any atom is 0.432 e. The first-order chi connectivity index (χ1) is 27.5. The molecule has 1 atom stereocenters. The van der Waals surface area contributed by atoms with E-state index in [-0.39, 0.29) is 13.2 Å². The van der Waals surface area contributed by atoms with Gasteiger partial charge >= 0.3 is 6.18 Å². The summed E-state index contributed by atoms with van der Waals surface area (Å²) < 4.78 is 52.8. The van der Waals surface area contributed by atoms with Gasteiger partial charge in [-0.15, -0.1) is 22.7 Å². The van der Waals surface area contributed by atoms with Gasteiger partial charge in [-0.1, -0.05) is 62.6 Å². The summed E-state index contributed by atoms with van der Waals surface area (Å²) >= 11 is 3.01. The van der Waals surface area contributed by atoms with E-state index >= 15 is 0 Å². The predicted octanol–water partition coefficient (Wildman–Crippen LogP) is 10.5. The standard InChI is InChI=1S/C44H40F3N5O3S2/c1-3-4-5-6-7-29-10-15-33(16-11-29)52-38-24-34(17-12-30-8-13-32(14-9-30)51(20-22-53)21-23-54)56-41(38)42-39(52)25-35(57-42)18-19-37-36(28-50)40(31(26-48)27-49)55-43(37,2)44(45,46)47/h8-19,24-25,53-54H,3-7,20-23H2,1-2H3/b17-12+,19-18+. The number of unbranched alkanes of at least 4 members (excludes halogenated alkanes) is 3. The Balaban J connectivity index is 1.41. The van der Waals surface area contributed by atoms with Crippen molar-refractivity contribution in [3.05, 3.63) is 110 Å². The average Bonchev–Trinajstić information content (AvgIpc) is 3.94. The number of hydrogen-bond donors (Lipinski definition) is 2. The molecule has 2 N–H and O–H groups in total. The summed E-state index contributed by atoms with van der Waals surface area (Å²) in [6.07, 6.45) is 7.48. The van der Waals surface area contributed by atoms with Crippen molar-refractivity contribution in [1.82, 2.24) is 4.57 Å². The van der Waals surface area contributed by atoms with Crippen molar-refractivity contribution in [2.45, 2.75) is 57.7 Å². The number of nitrogens with zero attached hydrogens (tertiary/aromatic N) is 5. The van der Waals surface area contributed by atoms with Crippen LogP contribution in [0.25, 0.3) is 44.3 Å². The molecule has 0 fully saturated rings. The third kappa shape index (κ3) is 8.41. The molecule has 1 aliphatic heterocycles. The molecular weight excluding hydrogens is 768 g/mol. The number of thiophene rings is 2. The first-order valence-corrected chi connectivity index (χ1v) is 20.2. The zero-order valence-corrected chi connectivity index (χ0v) is 33.1. The molecule has 6 rings (SSSR count). The molecule has 13 heteroatoms. The zero-order chi connectivity index (χ0) is 40.7. The molecule has 0 amide bonds. The number of rotatable bonds is 15. The summed E-state index contributed by atoms with van der Waals surface area (Å²) in [5.74, 6) is -0.680. The van der Waals surface area contributed by atoms with Crippen LogP contribution in [0.5, 0.6) is 0 Å². The highest BCUT2D eigenvalue weighted by atomic mass is 32.1. The van der Waals surface area contributed by atoms with E-state index in [4.69, 9.17) is 4.74 Å². The first kappa shape index (κ1) is 41.0. The molecule has 0 bridgehead atoms. The molecule has 0 saturated carbocycles. The second kappa shape index (κ2) is 17.7. The van der Waals surface area contributed by atoms with Gasteiger partial charge in [-0.2, -0.15) is 29.0 Å². The van der Waals surface area contributed by atoms with E-state index in [1.165, 1.54) is 48.3 Å². The molecule has 0 radical (unpaired) electrons. The number of aryl methyl sites for hydroxylation is 1. The van der Waals surface area contributed by atoms with E-state index in [2.05, 4.69) is 41.8 Å². The third-order valence-electron chi connectivity index (χ3n) is 9.94. The van der Waals surface area contributed by atoms with Crippen LogP contribution in [-0.4, -0.2) is 52.9 Å². The van der Waals surface area contributed by atoms with Crippen molar-refractivity contribution in [3.8, 4) is 23.9 Å². The minimum absolute atomic E-state index is 0.0206. The molecule has 0 aliphatic carbocycles. The van der Waals surface area contributed by atoms with Crippen molar-refractivity contribution in [1.29, 1.82) is 15.8 Å². The molecular formula is C44H40F3N5O3S2. The molecule has 0 saturated heterocycles. The van der Waals surface area contributed by atoms with E-state index in [1.807, 2.05) is 47.4 Å². The normalized spacial score (nSPS) is 15.8. The largest absolute Gasteiger partial charge is 0.470 e. The molecule has 4 heterocycles. The van der Waals surface area contributed by atoms with E-state index < -0.39 is 34.3 Å². The van der Waals surface area contributed by atoms with Crippen molar-refractivity contribution in [2.75, 3.05) is 31.2 Å². The fourth-order valence-corrected chi connectivity index (χ4v) is 9.12. The summed E-state index contributed by atoms with van der Waals surface area (Å²) in [5, 5.41) is 47.5. The summed E-state index contributed by atoms with van der Waals surface area (Å²) in [4.78, 5) is 3.55. The van der Waals surface area contributed by atoms with Crippen LogP contribution in [0.3, 0.4) is 0 Å². The van der Waals surface area contributed by atoms with Crippen LogP contribution < -0.4 is 4.90 Å². The number of allylic oxidation sites excluding steroid dienone is 2. The number of fused-ring (bicyclic) bond motifs is 3. The maximum atomic E-state index is 14.5. The minimum Gasteiger partial charge on any atom is -0.470 e.